The third-order valence-electron chi connectivity index (χ3n) is 5.35. The van der Waals surface area contributed by atoms with Crippen LogP contribution >= 0.6 is 0 Å². The second kappa shape index (κ2) is 13.1. The molecule has 34 heavy (non-hydrogen) atoms. The van der Waals surface area contributed by atoms with Crippen molar-refractivity contribution in [2.75, 3.05) is 33.4 Å². The minimum absolute atomic E-state index is 0.0850. The Morgan fingerprint density at radius 3 is 2.53 bits per heavy atom. The van der Waals surface area contributed by atoms with Gasteiger partial charge in [0.15, 0.2) is 11.2 Å². The maximum atomic E-state index is 12.9. The third-order valence-corrected chi connectivity index (χ3v) is 5.35. The predicted molar refractivity (Wildman–Crippen MR) is 128 cm³/mol. The largest absolute Gasteiger partial charge is 0.465 e. The topological polar surface area (TPSA) is 129 Å². The Morgan fingerprint density at radius 2 is 1.91 bits per heavy atom. The van der Waals surface area contributed by atoms with E-state index in [1.165, 1.54) is 16.6 Å². The van der Waals surface area contributed by atoms with Crippen LogP contribution in [0.2, 0.25) is 0 Å². The number of hydrogen-bond donors (Lipinski definition) is 1. The summed E-state index contributed by atoms with van der Waals surface area (Å²) in [5.41, 5.74) is -0.284. The van der Waals surface area contributed by atoms with Crippen molar-refractivity contribution in [2.24, 2.45) is 5.92 Å². The van der Waals surface area contributed by atoms with E-state index in [0.717, 1.165) is 12.8 Å². The van der Waals surface area contributed by atoms with Crippen LogP contribution in [-0.2, 0) is 38.6 Å². The molecule has 0 radical (unpaired) electrons. The van der Waals surface area contributed by atoms with Crippen LogP contribution in [0.25, 0.3) is 11.2 Å². The molecular formula is C23H37N5O6. The van der Waals surface area contributed by atoms with Gasteiger partial charge in [-0.1, -0.05) is 27.2 Å². The molecule has 0 aliphatic rings. The minimum atomic E-state index is -0.484. The zero-order valence-corrected chi connectivity index (χ0v) is 20.9. The van der Waals surface area contributed by atoms with Gasteiger partial charge in [-0.3, -0.25) is 23.9 Å². The van der Waals surface area contributed by atoms with Crippen LogP contribution in [0.4, 0.5) is 0 Å². The average molecular weight is 480 g/mol. The van der Waals surface area contributed by atoms with Gasteiger partial charge in [0.2, 0.25) is 5.91 Å². The number of hydrogen-bond acceptors (Lipinski definition) is 7. The maximum Gasteiger partial charge on any atom is 0.330 e. The molecule has 0 saturated carbocycles. The summed E-state index contributed by atoms with van der Waals surface area (Å²) >= 11 is 0. The fourth-order valence-corrected chi connectivity index (χ4v) is 3.73. The lowest BCUT2D eigenvalue weighted by Crippen LogP contribution is -2.39. The SMILES string of the molecule is CCCCn1c(=O)[nH]c(=O)c2c1nc(CCC(=O)N(CCOC)CC(=O)OCC)n2CC(C)C. The van der Waals surface area contributed by atoms with E-state index < -0.39 is 17.2 Å². The number of unbranched alkanes of at least 4 members (excludes halogenated alkanes) is 1. The molecule has 1 amide bonds. The number of aromatic nitrogens is 4. The summed E-state index contributed by atoms with van der Waals surface area (Å²) in [5.74, 6) is 0.0431. The number of ether oxygens (including phenoxy) is 2. The van der Waals surface area contributed by atoms with E-state index in [2.05, 4.69) is 9.97 Å². The van der Waals surface area contributed by atoms with Crippen LogP contribution in [0.15, 0.2) is 9.59 Å². The Hall–Kier alpha value is -2.95. The number of imidazole rings is 1. The standard InChI is InChI=1S/C23H37N5O6/c1-6-8-11-27-21-20(22(31)25-23(27)32)28(14-16(3)4)17(24-21)9-10-18(29)26(12-13-33-5)15-19(30)34-7-2/h16H,6-15H2,1-5H3,(H,25,31,32). The predicted octanol–water partition coefficient (Wildman–Crippen LogP) is 1.31. The Balaban J connectivity index is 2.38. The minimum Gasteiger partial charge on any atom is -0.465 e. The smallest absolute Gasteiger partial charge is 0.330 e. The van der Waals surface area contributed by atoms with Gasteiger partial charge in [-0.15, -0.1) is 0 Å². The number of amides is 1. The van der Waals surface area contributed by atoms with Gasteiger partial charge in [-0.2, -0.15) is 0 Å². The fraction of sp³-hybridized carbons (Fsp3) is 0.696. The number of methoxy groups -OCH3 is 1. The number of carbonyl (C=O) groups is 2. The highest BCUT2D eigenvalue weighted by molar-refractivity contribution is 5.82. The van der Waals surface area contributed by atoms with Crippen LogP contribution < -0.4 is 11.2 Å². The van der Waals surface area contributed by atoms with Crippen molar-refractivity contribution < 1.29 is 19.1 Å². The quantitative estimate of drug-likeness (QED) is 0.405. The first kappa shape index (κ1) is 27.3. The lowest BCUT2D eigenvalue weighted by atomic mass is 10.2. The number of nitrogens with zero attached hydrogens (tertiary/aromatic N) is 4. The zero-order chi connectivity index (χ0) is 25.3. The van der Waals surface area contributed by atoms with Gasteiger partial charge in [0, 0.05) is 39.6 Å². The summed E-state index contributed by atoms with van der Waals surface area (Å²) in [6, 6.07) is 0. The van der Waals surface area contributed by atoms with Crippen molar-refractivity contribution in [1.82, 2.24) is 24.0 Å². The molecule has 11 nitrogen and oxygen atoms in total. The molecule has 2 heterocycles. The second-order valence-electron chi connectivity index (χ2n) is 8.58. The van der Waals surface area contributed by atoms with E-state index in [9.17, 15) is 19.2 Å². The van der Waals surface area contributed by atoms with Gasteiger partial charge in [-0.05, 0) is 19.3 Å². The number of aryl methyl sites for hydroxylation is 2. The normalized spacial score (nSPS) is 11.4. The second-order valence-corrected chi connectivity index (χ2v) is 8.58. The molecule has 0 spiro atoms. The lowest BCUT2D eigenvalue weighted by Gasteiger charge is -2.21. The van der Waals surface area contributed by atoms with Gasteiger partial charge >= 0.3 is 11.7 Å². The van der Waals surface area contributed by atoms with E-state index in [1.54, 1.807) is 11.5 Å². The first-order chi connectivity index (χ1) is 16.2. The molecular weight excluding hydrogens is 442 g/mol. The van der Waals surface area contributed by atoms with Crippen LogP contribution in [0.3, 0.4) is 0 Å². The van der Waals surface area contributed by atoms with E-state index in [-0.39, 0.29) is 51.0 Å². The number of rotatable bonds is 14. The number of nitrogens with one attached hydrogen (secondary N) is 1. The highest BCUT2D eigenvalue weighted by Crippen LogP contribution is 2.16. The number of aromatic amines is 1. The first-order valence-corrected chi connectivity index (χ1v) is 11.9. The number of esters is 1. The molecule has 0 aliphatic heterocycles. The summed E-state index contributed by atoms with van der Waals surface area (Å²) < 4.78 is 13.3. The van der Waals surface area contributed by atoms with E-state index in [4.69, 9.17) is 9.47 Å². The highest BCUT2D eigenvalue weighted by Gasteiger charge is 2.22. The van der Waals surface area contributed by atoms with Gasteiger partial charge < -0.3 is 18.9 Å². The van der Waals surface area contributed by atoms with Crippen molar-refractivity contribution >= 4 is 23.0 Å². The lowest BCUT2D eigenvalue weighted by molar-refractivity contribution is -0.149. The maximum absolute atomic E-state index is 12.9. The number of carbonyl (C=O) groups excluding carboxylic acids is 2. The zero-order valence-electron chi connectivity index (χ0n) is 20.9. The molecule has 0 bridgehead atoms. The summed E-state index contributed by atoms with van der Waals surface area (Å²) in [7, 11) is 1.52. The Bertz CT molecular complexity index is 1080. The van der Waals surface area contributed by atoms with Crippen molar-refractivity contribution in [3.8, 4) is 0 Å². The van der Waals surface area contributed by atoms with Gasteiger partial charge in [-0.25, -0.2) is 9.78 Å². The summed E-state index contributed by atoms with van der Waals surface area (Å²) in [6.07, 6.45) is 2.00. The molecule has 2 aromatic heterocycles. The molecule has 0 saturated heterocycles. The Morgan fingerprint density at radius 1 is 1.18 bits per heavy atom. The van der Waals surface area contributed by atoms with Crippen LogP contribution in [0.1, 0.15) is 52.8 Å². The Labute approximate surface area is 199 Å². The summed E-state index contributed by atoms with van der Waals surface area (Å²) in [5, 5.41) is 0. The average Bonchev–Trinajstić information content (AvgIpc) is 3.12. The Kier molecular flexibility index (Phi) is 10.5. The molecule has 1 N–H and O–H groups in total. The molecule has 0 atom stereocenters. The molecule has 0 unspecified atom stereocenters. The highest BCUT2D eigenvalue weighted by atomic mass is 16.5. The molecule has 11 heteroatoms. The molecule has 0 aliphatic carbocycles. The van der Waals surface area contributed by atoms with Crippen LogP contribution in [0, 0.1) is 5.92 Å². The van der Waals surface area contributed by atoms with E-state index >= 15 is 0 Å². The molecule has 0 aromatic carbocycles. The van der Waals surface area contributed by atoms with Gasteiger partial charge in [0.05, 0.1) is 13.2 Å². The molecule has 190 valence electrons. The molecule has 2 rings (SSSR count). The number of fused-ring (bicyclic) bond motifs is 1. The van der Waals surface area contributed by atoms with E-state index in [1.807, 2.05) is 20.8 Å². The monoisotopic (exact) mass is 479 g/mol. The van der Waals surface area contributed by atoms with Crippen LogP contribution in [-0.4, -0.2) is 69.3 Å². The molecule has 0 fully saturated rings. The van der Waals surface area contributed by atoms with Crippen molar-refractivity contribution in [3.63, 3.8) is 0 Å². The van der Waals surface area contributed by atoms with Crippen LogP contribution in [0.5, 0.6) is 0 Å². The van der Waals surface area contributed by atoms with Gasteiger partial charge in [0.1, 0.15) is 12.4 Å². The van der Waals surface area contributed by atoms with Crippen molar-refractivity contribution in [1.29, 1.82) is 0 Å². The van der Waals surface area contributed by atoms with Crippen molar-refractivity contribution in [3.05, 3.63) is 26.7 Å². The summed E-state index contributed by atoms with van der Waals surface area (Å²) in [6.45, 7) is 9.36. The van der Waals surface area contributed by atoms with E-state index in [0.29, 0.717) is 30.1 Å². The molecule has 2 aromatic rings. The first-order valence-electron chi connectivity index (χ1n) is 11.9. The third kappa shape index (κ3) is 7.02. The van der Waals surface area contributed by atoms with Gasteiger partial charge in [0.25, 0.3) is 5.56 Å². The number of H-pyrrole nitrogens is 1. The fourth-order valence-electron chi connectivity index (χ4n) is 3.73. The van der Waals surface area contributed by atoms with Crippen molar-refractivity contribution in [2.45, 2.75) is 66.5 Å². The summed E-state index contributed by atoms with van der Waals surface area (Å²) in [4.78, 5) is 58.5.